The highest BCUT2D eigenvalue weighted by molar-refractivity contribution is 7.91. The molecule has 1 fully saturated rings. The van der Waals surface area contributed by atoms with Crippen LogP contribution in [0.3, 0.4) is 0 Å². The Morgan fingerprint density at radius 1 is 1.17 bits per heavy atom. The second-order valence-electron chi connectivity index (χ2n) is 7.59. The summed E-state index contributed by atoms with van der Waals surface area (Å²) in [6.07, 6.45) is 0.428. The lowest BCUT2D eigenvalue weighted by molar-refractivity contribution is -0.136. The monoisotopic (exact) mass is 451 g/mol. The third kappa shape index (κ3) is 5.46. The molecule has 1 heterocycles. The van der Waals surface area contributed by atoms with Crippen LogP contribution in [-0.4, -0.2) is 50.5 Å². The van der Waals surface area contributed by atoms with Gasteiger partial charge in [-0.15, -0.1) is 0 Å². The predicted molar refractivity (Wildman–Crippen MR) is 117 cm³/mol. The molecule has 6 nitrogen and oxygen atoms in total. The van der Waals surface area contributed by atoms with Gasteiger partial charge in [0.1, 0.15) is 11.5 Å². The number of carbonyl (C=O) groups excluding carboxylic acids is 1. The lowest BCUT2D eigenvalue weighted by Gasteiger charge is -2.28. The Morgan fingerprint density at radius 2 is 1.87 bits per heavy atom. The van der Waals surface area contributed by atoms with E-state index < -0.39 is 9.84 Å². The molecule has 1 aliphatic heterocycles. The van der Waals surface area contributed by atoms with Gasteiger partial charge in [-0.3, -0.25) is 4.79 Å². The Morgan fingerprint density at radius 3 is 2.47 bits per heavy atom. The summed E-state index contributed by atoms with van der Waals surface area (Å²) >= 11 is 6.19. The predicted octanol–water partition coefficient (Wildman–Crippen LogP) is 3.56. The van der Waals surface area contributed by atoms with E-state index in [4.69, 9.17) is 21.1 Å². The van der Waals surface area contributed by atoms with Crippen LogP contribution in [-0.2, 0) is 21.2 Å². The number of aryl methyl sites for hydroxylation is 2. The lowest BCUT2D eigenvalue weighted by Crippen LogP contribution is -2.43. The molecule has 1 saturated heterocycles. The fourth-order valence-electron chi connectivity index (χ4n) is 3.63. The molecule has 0 bridgehead atoms. The number of methoxy groups -OCH3 is 1. The summed E-state index contributed by atoms with van der Waals surface area (Å²) in [5.74, 6) is 1.05. The van der Waals surface area contributed by atoms with Crippen molar-refractivity contribution in [2.75, 3.05) is 25.2 Å². The first-order valence-electron chi connectivity index (χ1n) is 9.71. The van der Waals surface area contributed by atoms with E-state index in [0.29, 0.717) is 22.9 Å². The van der Waals surface area contributed by atoms with Crippen LogP contribution in [0.2, 0.25) is 5.02 Å². The molecule has 0 aromatic heterocycles. The van der Waals surface area contributed by atoms with Crippen molar-refractivity contribution in [3.8, 4) is 11.5 Å². The number of rotatable bonds is 7. The molecule has 1 aliphatic rings. The van der Waals surface area contributed by atoms with Crippen molar-refractivity contribution in [1.82, 2.24) is 4.90 Å². The van der Waals surface area contributed by atoms with E-state index in [1.807, 2.05) is 38.1 Å². The second kappa shape index (κ2) is 9.27. The van der Waals surface area contributed by atoms with Crippen LogP contribution in [0, 0.1) is 13.8 Å². The van der Waals surface area contributed by atoms with Crippen LogP contribution in [0.1, 0.15) is 23.1 Å². The minimum atomic E-state index is -3.14. The van der Waals surface area contributed by atoms with Crippen LogP contribution in [0.25, 0.3) is 0 Å². The molecule has 0 unspecified atom stereocenters. The molecule has 0 aliphatic carbocycles. The van der Waals surface area contributed by atoms with E-state index in [0.717, 1.165) is 16.7 Å². The van der Waals surface area contributed by atoms with E-state index in [1.165, 1.54) is 0 Å². The SMILES string of the molecule is COc1cccc(CN(C(=O)COc2cc(C)c(Cl)c(C)c2)[C@H]2CCS(=O)(=O)C2)c1. The number of amides is 1. The van der Waals surface area contributed by atoms with E-state index in [-0.39, 0.29) is 36.6 Å². The van der Waals surface area contributed by atoms with Crippen molar-refractivity contribution < 1.29 is 22.7 Å². The molecule has 3 rings (SSSR count). The van der Waals surface area contributed by atoms with Crippen LogP contribution < -0.4 is 9.47 Å². The lowest BCUT2D eigenvalue weighted by atomic mass is 10.1. The highest BCUT2D eigenvalue weighted by Crippen LogP contribution is 2.26. The zero-order valence-electron chi connectivity index (χ0n) is 17.4. The topological polar surface area (TPSA) is 72.9 Å². The van der Waals surface area contributed by atoms with Gasteiger partial charge < -0.3 is 14.4 Å². The summed E-state index contributed by atoms with van der Waals surface area (Å²) in [5.41, 5.74) is 2.61. The number of sulfone groups is 1. The molecular weight excluding hydrogens is 426 g/mol. The maximum atomic E-state index is 13.1. The Balaban J connectivity index is 1.77. The third-order valence-electron chi connectivity index (χ3n) is 5.23. The molecule has 2 aromatic rings. The molecule has 0 N–H and O–H groups in total. The molecule has 0 radical (unpaired) electrons. The average Bonchev–Trinajstić information content (AvgIpc) is 3.07. The molecule has 2 aromatic carbocycles. The molecule has 0 saturated carbocycles. The second-order valence-corrected chi connectivity index (χ2v) is 10.2. The zero-order chi connectivity index (χ0) is 21.9. The van der Waals surface area contributed by atoms with Gasteiger partial charge in [0, 0.05) is 17.6 Å². The van der Waals surface area contributed by atoms with Gasteiger partial charge in [-0.1, -0.05) is 23.7 Å². The number of nitrogens with zero attached hydrogens (tertiary/aromatic N) is 1. The first kappa shape index (κ1) is 22.4. The Labute approximate surface area is 182 Å². The third-order valence-corrected chi connectivity index (χ3v) is 7.58. The summed E-state index contributed by atoms with van der Waals surface area (Å²) in [6, 6.07) is 10.6. The standard InChI is InChI=1S/C22H26ClNO5S/c1-15-9-20(10-16(2)22(15)23)29-13-21(25)24(18-7-8-30(26,27)14-18)12-17-5-4-6-19(11-17)28-3/h4-6,9-11,18H,7-8,12-14H2,1-3H3/t18-/m0/s1. The fraction of sp³-hybridized carbons (Fsp3) is 0.409. The number of hydrogen-bond acceptors (Lipinski definition) is 5. The fourth-order valence-corrected chi connectivity index (χ4v) is 5.47. The van der Waals surface area contributed by atoms with E-state index in [9.17, 15) is 13.2 Å². The highest BCUT2D eigenvalue weighted by atomic mass is 35.5. The summed E-state index contributed by atoms with van der Waals surface area (Å²) < 4.78 is 35.0. The maximum absolute atomic E-state index is 13.1. The minimum absolute atomic E-state index is 0.0259. The van der Waals surface area contributed by atoms with Crippen LogP contribution >= 0.6 is 11.6 Å². The molecule has 1 atom stereocenters. The molecule has 1 amide bonds. The van der Waals surface area contributed by atoms with Gasteiger partial charge in [-0.05, 0) is 61.2 Å². The van der Waals surface area contributed by atoms with Gasteiger partial charge >= 0.3 is 0 Å². The number of carbonyl (C=O) groups is 1. The van der Waals surface area contributed by atoms with Crippen molar-refractivity contribution in [2.45, 2.75) is 32.9 Å². The Bertz CT molecular complexity index is 1010. The number of ether oxygens (including phenoxy) is 2. The van der Waals surface area contributed by atoms with E-state index in [1.54, 1.807) is 24.1 Å². The normalized spacial score (nSPS) is 17.5. The van der Waals surface area contributed by atoms with Crippen LogP contribution in [0.5, 0.6) is 11.5 Å². The number of halogens is 1. The maximum Gasteiger partial charge on any atom is 0.261 e. The van der Waals surface area contributed by atoms with Crippen molar-refractivity contribution >= 4 is 27.3 Å². The van der Waals surface area contributed by atoms with Gasteiger partial charge in [0.25, 0.3) is 5.91 Å². The van der Waals surface area contributed by atoms with Crippen molar-refractivity contribution in [3.05, 3.63) is 58.1 Å². The first-order chi connectivity index (χ1) is 14.2. The Kier molecular flexibility index (Phi) is 6.93. The van der Waals surface area contributed by atoms with Crippen LogP contribution in [0.4, 0.5) is 0 Å². The van der Waals surface area contributed by atoms with Crippen LogP contribution in [0.15, 0.2) is 36.4 Å². The largest absolute Gasteiger partial charge is 0.497 e. The average molecular weight is 452 g/mol. The number of benzene rings is 2. The summed E-state index contributed by atoms with van der Waals surface area (Å²) in [5, 5.41) is 0.671. The smallest absolute Gasteiger partial charge is 0.261 e. The number of hydrogen-bond donors (Lipinski definition) is 0. The zero-order valence-corrected chi connectivity index (χ0v) is 18.9. The van der Waals surface area contributed by atoms with Gasteiger partial charge in [0.2, 0.25) is 0 Å². The molecule has 8 heteroatoms. The summed E-state index contributed by atoms with van der Waals surface area (Å²) in [4.78, 5) is 14.7. The minimum Gasteiger partial charge on any atom is -0.497 e. The van der Waals surface area contributed by atoms with Gasteiger partial charge in [-0.2, -0.15) is 0 Å². The molecule has 0 spiro atoms. The highest BCUT2D eigenvalue weighted by Gasteiger charge is 2.34. The van der Waals surface area contributed by atoms with E-state index >= 15 is 0 Å². The summed E-state index contributed by atoms with van der Waals surface area (Å²) in [6.45, 7) is 3.87. The van der Waals surface area contributed by atoms with Gasteiger partial charge in [0.05, 0.1) is 18.6 Å². The van der Waals surface area contributed by atoms with Crippen molar-refractivity contribution in [2.24, 2.45) is 0 Å². The van der Waals surface area contributed by atoms with Gasteiger partial charge in [0.15, 0.2) is 16.4 Å². The summed E-state index contributed by atoms with van der Waals surface area (Å²) in [7, 11) is -1.56. The molecule has 162 valence electrons. The van der Waals surface area contributed by atoms with E-state index in [2.05, 4.69) is 0 Å². The first-order valence-corrected chi connectivity index (χ1v) is 11.9. The quantitative estimate of drug-likeness (QED) is 0.643. The Hall–Kier alpha value is -2.25. The molecular formula is C22H26ClNO5S. The molecule has 30 heavy (non-hydrogen) atoms. The van der Waals surface area contributed by atoms with Crippen molar-refractivity contribution in [1.29, 1.82) is 0 Å². The van der Waals surface area contributed by atoms with Gasteiger partial charge in [-0.25, -0.2) is 8.42 Å². The van der Waals surface area contributed by atoms with Crippen molar-refractivity contribution in [3.63, 3.8) is 0 Å².